The number of hydrogen-bond acceptors (Lipinski definition) is 2. The molecule has 0 amide bonds. The van der Waals surface area contributed by atoms with E-state index in [0.717, 1.165) is 19.1 Å². The van der Waals surface area contributed by atoms with Crippen molar-refractivity contribution in [2.75, 3.05) is 19.6 Å². The molecule has 1 N–H and O–H groups in total. The summed E-state index contributed by atoms with van der Waals surface area (Å²) >= 11 is 0. The van der Waals surface area contributed by atoms with Gasteiger partial charge in [-0.1, -0.05) is 51.1 Å². The van der Waals surface area contributed by atoms with Crippen molar-refractivity contribution in [3.63, 3.8) is 0 Å². The van der Waals surface area contributed by atoms with Gasteiger partial charge in [-0.05, 0) is 43.8 Å². The van der Waals surface area contributed by atoms with E-state index in [9.17, 15) is 0 Å². The Hall–Kier alpha value is -0.860. The Morgan fingerprint density at radius 2 is 1.95 bits per heavy atom. The summed E-state index contributed by atoms with van der Waals surface area (Å²) in [4.78, 5) is 2.72. The lowest BCUT2D eigenvalue weighted by atomic mass is 10.0. The predicted octanol–water partition coefficient (Wildman–Crippen LogP) is 3.85. The molecule has 0 saturated carbocycles. The molecule has 1 fully saturated rings. The van der Waals surface area contributed by atoms with Crippen LogP contribution in [0.2, 0.25) is 0 Å². The standard InChI is InChI=1S/C18H30N2/c1-4-17-11-8-12-20(17)18(14-19-13-15(2)3)16-9-6-5-7-10-16/h5-7,9-10,15,17-19H,4,8,11-14H2,1-3H3. The zero-order chi connectivity index (χ0) is 14.4. The molecule has 1 aliphatic rings. The van der Waals surface area contributed by atoms with Crippen LogP contribution in [0.15, 0.2) is 30.3 Å². The van der Waals surface area contributed by atoms with Crippen molar-refractivity contribution >= 4 is 0 Å². The fourth-order valence-electron chi connectivity index (χ4n) is 3.32. The molecule has 112 valence electrons. The predicted molar refractivity (Wildman–Crippen MR) is 86.9 cm³/mol. The molecule has 2 nitrogen and oxygen atoms in total. The molecule has 0 bridgehead atoms. The molecular formula is C18H30N2. The van der Waals surface area contributed by atoms with Crippen LogP contribution < -0.4 is 5.32 Å². The summed E-state index contributed by atoms with van der Waals surface area (Å²) in [6, 6.07) is 12.3. The SMILES string of the molecule is CCC1CCCN1C(CNCC(C)C)c1ccccc1. The quantitative estimate of drug-likeness (QED) is 0.812. The monoisotopic (exact) mass is 274 g/mol. The number of hydrogen-bond donors (Lipinski definition) is 1. The Morgan fingerprint density at radius 3 is 2.60 bits per heavy atom. The van der Waals surface area contributed by atoms with Crippen molar-refractivity contribution in [1.82, 2.24) is 10.2 Å². The van der Waals surface area contributed by atoms with Crippen LogP contribution in [0.25, 0.3) is 0 Å². The van der Waals surface area contributed by atoms with Gasteiger partial charge in [-0.25, -0.2) is 0 Å². The van der Waals surface area contributed by atoms with Gasteiger partial charge >= 0.3 is 0 Å². The molecular weight excluding hydrogens is 244 g/mol. The molecule has 0 aromatic heterocycles. The Bertz CT molecular complexity index is 374. The lowest BCUT2D eigenvalue weighted by molar-refractivity contribution is 0.171. The van der Waals surface area contributed by atoms with Gasteiger partial charge in [0.05, 0.1) is 0 Å². The van der Waals surface area contributed by atoms with Crippen molar-refractivity contribution in [3.8, 4) is 0 Å². The number of rotatable bonds is 7. The summed E-state index contributed by atoms with van der Waals surface area (Å²) in [6.07, 6.45) is 3.99. The summed E-state index contributed by atoms with van der Waals surface area (Å²) in [6.45, 7) is 10.3. The maximum atomic E-state index is 3.66. The first-order chi connectivity index (χ1) is 9.72. The normalized spacial score (nSPS) is 21.5. The second kappa shape index (κ2) is 7.80. The highest BCUT2D eigenvalue weighted by molar-refractivity contribution is 5.20. The van der Waals surface area contributed by atoms with E-state index in [1.54, 1.807) is 0 Å². The molecule has 1 heterocycles. The lowest BCUT2D eigenvalue weighted by Crippen LogP contribution is -2.39. The van der Waals surface area contributed by atoms with E-state index < -0.39 is 0 Å². The summed E-state index contributed by atoms with van der Waals surface area (Å²) in [5, 5.41) is 3.66. The molecule has 2 atom stereocenters. The topological polar surface area (TPSA) is 15.3 Å². The number of nitrogens with one attached hydrogen (secondary N) is 1. The third-order valence-corrected chi connectivity index (χ3v) is 4.37. The van der Waals surface area contributed by atoms with Gasteiger partial charge in [0, 0.05) is 18.6 Å². The average molecular weight is 274 g/mol. The molecule has 2 rings (SSSR count). The van der Waals surface area contributed by atoms with E-state index >= 15 is 0 Å². The van der Waals surface area contributed by atoms with Crippen LogP contribution in [0.4, 0.5) is 0 Å². The fourth-order valence-corrected chi connectivity index (χ4v) is 3.32. The highest BCUT2D eigenvalue weighted by atomic mass is 15.2. The molecule has 2 heteroatoms. The number of benzene rings is 1. The highest BCUT2D eigenvalue weighted by Gasteiger charge is 2.30. The summed E-state index contributed by atoms with van der Waals surface area (Å²) in [5.74, 6) is 0.715. The molecule has 2 unspecified atom stereocenters. The van der Waals surface area contributed by atoms with Crippen LogP contribution in [-0.2, 0) is 0 Å². The minimum atomic E-state index is 0.530. The van der Waals surface area contributed by atoms with E-state index in [0.29, 0.717) is 12.0 Å². The molecule has 0 aliphatic carbocycles. The van der Waals surface area contributed by atoms with Crippen molar-refractivity contribution in [1.29, 1.82) is 0 Å². The Morgan fingerprint density at radius 1 is 1.20 bits per heavy atom. The molecule has 1 aromatic carbocycles. The van der Waals surface area contributed by atoms with Crippen molar-refractivity contribution in [2.45, 2.75) is 52.1 Å². The minimum Gasteiger partial charge on any atom is -0.315 e. The second-order valence-electron chi connectivity index (χ2n) is 6.42. The van der Waals surface area contributed by atoms with Crippen molar-refractivity contribution in [2.24, 2.45) is 5.92 Å². The molecule has 20 heavy (non-hydrogen) atoms. The Kier molecular flexibility index (Phi) is 6.06. The number of likely N-dealkylation sites (tertiary alicyclic amines) is 1. The van der Waals surface area contributed by atoms with Crippen LogP contribution >= 0.6 is 0 Å². The molecule has 0 radical (unpaired) electrons. The van der Waals surface area contributed by atoms with Gasteiger partial charge in [-0.2, -0.15) is 0 Å². The summed E-state index contributed by atoms with van der Waals surface area (Å²) in [5.41, 5.74) is 1.46. The van der Waals surface area contributed by atoms with Crippen LogP contribution in [0, 0.1) is 5.92 Å². The van der Waals surface area contributed by atoms with Crippen molar-refractivity contribution in [3.05, 3.63) is 35.9 Å². The third-order valence-electron chi connectivity index (χ3n) is 4.37. The molecule has 1 aromatic rings. The van der Waals surface area contributed by atoms with E-state index in [-0.39, 0.29) is 0 Å². The van der Waals surface area contributed by atoms with Crippen LogP contribution in [0.5, 0.6) is 0 Å². The van der Waals surface area contributed by atoms with Gasteiger partial charge < -0.3 is 5.32 Å². The number of nitrogens with zero attached hydrogens (tertiary/aromatic N) is 1. The Balaban J connectivity index is 2.07. The van der Waals surface area contributed by atoms with Gasteiger partial charge in [0.25, 0.3) is 0 Å². The summed E-state index contributed by atoms with van der Waals surface area (Å²) < 4.78 is 0. The third kappa shape index (κ3) is 4.07. The molecule has 1 saturated heterocycles. The van der Waals surface area contributed by atoms with Gasteiger partial charge in [0.2, 0.25) is 0 Å². The van der Waals surface area contributed by atoms with Gasteiger partial charge in [0.15, 0.2) is 0 Å². The fraction of sp³-hybridized carbons (Fsp3) is 0.667. The van der Waals surface area contributed by atoms with Gasteiger partial charge in [-0.15, -0.1) is 0 Å². The summed E-state index contributed by atoms with van der Waals surface area (Å²) in [7, 11) is 0. The highest BCUT2D eigenvalue weighted by Crippen LogP contribution is 2.30. The van der Waals surface area contributed by atoms with E-state index in [2.05, 4.69) is 61.3 Å². The van der Waals surface area contributed by atoms with Crippen LogP contribution in [-0.4, -0.2) is 30.6 Å². The van der Waals surface area contributed by atoms with Gasteiger partial charge in [0.1, 0.15) is 0 Å². The molecule has 1 aliphatic heterocycles. The first-order valence-electron chi connectivity index (χ1n) is 8.23. The minimum absolute atomic E-state index is 0.530. The van der Waals surface area contributed by atoms with Crippen LogP contribution in [0.3, 0.4) is 0 Å². The average Bonchev–Trinajstić information content (AvgIpc) is 2.92. The van der Waals surface area contributed by atoms with E-state index in [4.69, 9.17) is 0 Å². The smallest absolute Gasteiger partial charge is 0.0475 e. The van der Waals surface area contributed by atoms with Crippen LogP contribution in [0.1, 0.15) is 51.6 Å². The zero-order valence-electron chi connectivity index (χ0n) is 13.3. The first kappa shape index (κ1) is 15.5. The van der Waals surface area contributed by atoms with Gasteiger partial charge in [-0.3, -0.25) is 4.90 Å². The first-order valence-corrected chi connectivity index (χ1v) is 8.23. The van der Waals surface area contributed by atoms with E-state index in [1.807, 2.05) is 0 Å². The zero-order valence-corrected chi connectivity index (χ0v) is 13.3. The lowest BCUT2D eigenvalue weighted by Gasteiger charge is -2.33. The van der Waals surface area contributed by atoms with E-state index in [1.165, 1.54) is 31.4 Å². The molecule has 0 spiro atoms. The maximum absolute atomic E-state index is 3.66. The second-order valence-corrected chi connectivity index (χ2v) is 6.42. The largest absolute Gasteiger partial charge is 0.315 e. The maximum Gasteiger partial charge on any atom is 0.0475 e. The van der Waals surface area contributed by atoms with Crippen molar-refractivity contribution < 1.29 is 0 Å². The Labute approximate surface area is 124 Å².